The summed E-state index contributed by atoms with van der Waals surface area (Å²) >= 11 is 0. The highest BCUT2D eigenvalue weighted by molar-refractivity contribution is 5.54. The van der Waals surface area contributed by atoms with Gasteiger partial charge in [0.2, 0.25) is 0 Å². The van der Waals surface area contributed by atoms with Gasteiger partial charge in [0.1, 0.15) is 5.75 Å². The normalized spacial score (nSPS) is 23.5. The fourth-order valence-corrected chi connectivity index (χ4v) is 4.89. The standard InChI is InChI=1S/C26H23N5O/c1-32-20-9-7-19(8-10-20)24-23-15-31(14-18-5-3-2-4-6-18)12-11-21(23)22(13-27)25(30)26(24,16-28)17-29/h2-12,23-25H,14-15,30H2,1H3/t23-,24-,25+/m1/s1. The molecular weight excluding hydrogens is 398 g/mol. The van der Waals surface area contributed by atoms with Crippen LogP contribution in [0.25, 0.3) is 0 Å². The van der Waals surface area contributed by atoms with E-state index in [4.69, 9.17) is 10.5 Å². The Kier molecular flexibility index (Phi) is 5.69. The summed E-state index contributed by atoms with van der Waals surface area (Å²) in [7, 11) is 1.59. The minimum absolute atomic E-state index is 0.231. The number of rotatable bonds is 4. The molecule has 0 radical (unpaired) electrons. The minimum Gasteiger partial charge on any atom is -0.497 e. The van der Waals surface area contributed by atoms with E-state index < -0.39 is 17.4 Å². The lowest BCUT2D eigenvalue weighted by atomic mass is 9.56. The number of allylic oxidation sites excluding steroid dienone is 1. The molecule has 0 unspecified atom stereocenters. The molecule has 1 aliphatic carbocycles. The Morgan fingerprint density at radius 3 is 2.34 bits per heavy atom. The Bertz CT molecular complexity index is 1160. The number of nitriles is 3. The summed E-state index contributed by atoms with van der Waals surface area (Å²) < 4.78 is 5.28. The van der Waals surface area contributed by atoms with E-state index in [1.165, 1.54) is 0 Å². The van der Waals surface area contributed by atoms with Crippen LogP contribution in [0.5, 0.6) is 5.75 Å². The van der Waals surface area contributed by atoms with E-state index in [-0.39, 0.29) is 5.92 Å². The second-order valence-electron chi connectivity index (χ2n) is 8.14. The van der Waals surface area contributed by atoms with Gasteiger partial charge in [0, 0.05) is 24.9 Å². The molecule has 0 saturated heterocycles. The second kappa shape index (κ2) is 8.60. The predicted octanol–water partition coefficient (Wildman–Crippen LogP) is 3.62. The maximum absolute atomic E-state index is 10.2. The van der Waals surface area contributed by atoms with Crippen molar-refractivity contribution >= 4 is 0 Å². The van der Waals surface area contributed by atoms with Gasteiger partial charge >= 0.3 is 0 Å². The first-order chi connectivity index (χ1) is 15.6. The van der Waals surface area contributed by atoms with E-state index in [1.54, 1.807) is 7.11 Å². The van der Waals surface area contributed by atoms with Gasteiger partial charge in [-0.3, -0.25) is 0 Å². The quantitative estimate of drug-likeness (QED) is 0.807. The van der Waals surface area contributed by atoms with E-state index in [2.05, 4.69) is 35.2 Å². The molecule has 0 bridgehead atoms. The van der Waals surface area contributed by atoms with Crippen molar-refractivity contribution in [3.63, 3.8) is 0 Å². The average molecular weight is 422 g/mol. The first kappa shape index (κ1) is 21.2. The van der Waals surface area contributed by atoms with Crippen LogP contribution in [0.4, 0.5) is 0 Å². The molecule has 2 aromatic carbocycles. The van der Waals surface area contributed by atoms with Gasteiger partial charge in [-0.2, -0.15) is 15.8 Å². The number of hydrogen-bond donors (Lipinski definition) is 1. The van der Waals surface area contributed by atoms with Crippen molar-refractivity contribution in [2.24, 2.45) is 17.1 Å². The van der Waals surface area contributed by atoms with E-state index in [0.717, 1.165) is 16.7 Å². The summed E-state index contributed by atoms with van der Waals surface area (Å²) in [6.07, 6.45) is 3.89. The number of benzene rings is 2. The lowest BCUT2D eigenvalue weighted by Crippen LogP contribution is -2.53. The minimum atomic E-state index is -1.56. The highest BCUT2D eigenvalue weighted by Crippen LogP contribution is 2.53. The molecule has 0 fully saturated rings. The van der Waals surface area contributed by atoms with Crippen molar-refractivity contribution in [3.8, 4) is 24.0 Å². The van der Waals surface area contributed by atoms with E-state index in [1.807, 2.05) is 54.7 Å². The van der Waals surface area contributed by atoms with Crippen LogP contribution >= 0.6 is 0 Å². The summed E-state index contributed by atoms with van der Waals surface area (Å²) in [5, 5.41) is 30.3. The Morgan fingerprint density at radius 2 is 1.75 bits per heavy atom. The number of methoxy groups -OCH3 is 1. The van der Waals surface area contributed by atoms with E-state index in [9.17, 15) is 15.8 Å². The number of hydrogen-bond acceptors (Lipinski definition) is 6. The van der Waals surface area contributed by atoms with Gasteiger partial charge < -0.3 is 15.4 Å². The van der Waals surface area contributed by atoms with Crippen LogP contribution < -0.4 is 10.5 Å². The largest absolute Gasteiger partial charge is 0.497 e. The van der Waals surface area contributed by atoms with Crippen molar-refractivity contribution < 1.29 is 4.74 Å². The Hall–Kier alpha value is -4.05. The topological polar surface area (TPSA) is 110 Å². The van der Waals surface area contributed by atoms with Crippen LogP contribution in [0.1, 0.15) is 17.0 Å². The molecule has 3 atom stereocenters. The highest BCUT2D eigenvalue weighted by atomic mass is 16.5. The molecule has 0 spiro atoms. The zero-order valence-corrected chi connectivity index (χ0v) is 17.8. The Balaban J connectivity index is 1.83. The molecule has 0 saturated carbocycles. The zero-order valence-electron chi connectivity index (χ0n) is 17.8. The number of ether oxygens (including phenoxy) is 1. The van der Waals surface area contributed by atoms with Crippen LogP contribution in [0.2, 0.25) is 0 Å². The maximum atomic E-state index is 10.2. The highest BCUT2D eigenvalue weighted by Gasteiger charge is 2.56. The van der Waals surface area contributed by atoms with Gasteiger partial charge in [0.05, 0.1) is 36.9 Å². The summed E-state index contributed by atoms with van der Waals surface area (Å²) in [4.78, 5) is 2.16. The Labute approximate surface area is 188 Å². The van der Waals surface area contributed by atoms with Gasteiger partial charge in [0.15, 0.2) is 5.41 Å². The van der Waals surface area contributed by atoms with E-state index in [0.29, 0.717) is 24.4 Å². The van der Waals surface area contributed by atoms with Gasteiger partial charge in [-0.05, 0) is 41.1 Å². The number of nitrogens with two attached hydrogens (primary N) is 1. The molecule has 0 amide bonds. The molecule has 158 valence electrons. The van der Waals surface area contributed by atoms with Crippen LogP contribution in [0.3, 0.4) is 0 Å². The number of nitrogens with zero attached hydrogens (tertiary/aromatic N) is 4. The summed E-state index contributed by atoms with van der Waals surface area (Å²) in [5.74, 6) is -0.0318. The van der Waals surface area contributed by atoms with Crippen molar-refractivity contribution in [1.29, 1.82) is 15.8 Å². The number of fused-ring (bicyclic) bond motifs is 1. The SMILES string of the molecule is COc1ccc([C@@H]2[C@@H]3CN(Cc4ccccc4)C=CC3=C(C#N)[C@H](N)C2(C#N)C#N)cc1. The van der Waals surface area contributed by atoms with Crippen molar-refractivity contribution in [2.75, 3.05) is 13.7 Å². The van der Waals surface area contributed by atoms with Crippen molar-refractivity contribution in [1.82, 2.24) is 4.90 Å². The molecule has 6 heteroatoms. The summed E-state index contributed by atoms with van der Waals surface area (Å²) in [5.41, 5.74) is 8.00. The van der Waals surface area contributed by atoms with Crippen LogP contribution in [0.15, 0.2) is 78.0 Å². The monoisotopic (exact) mass is 421 g/mol. The van der Waals surface area contributed by atoms with Crippen LogP contribution in [-0.2, 0) is 6.54 Å². The molecule has 0 aromatic heterocycles. The molecule has 2 aromatic rings. The third-order valence-corrected chi connectivity index (χ3v) is 6.49. The van der Waals surface area contributed by atoms with Crippen LogP contribution in [0, 0.1) is 45.3 Å². The lowest BCUT2D eigenvalue weighted by molar-refractivity contribution is 0.211. The molecule has 1 aliphatic heterocycles. The molecule has 6 nitrogen and oxygen atoms in total. The summed E-state index contributed by atoms with van der Waals surface area (Å²) in [6, 6.07) is 23.1. The zero-order chi connectivity index (χ0) is 22.7. The van der Waals surface area contributed by atoms with Gasteiger partial charge in [-0.15, -0.1) is 0 Å². The molecule has 2 aliphatic rings. The van der Waals surface area contributed by atoms with Gasteiger partial charge in [0.25, 0.3) is 0 Å². The molecule has 1 heterocycles. The van der Waals surface area contributed by atoms with Crippen molar-refractivity contribution in [2.45, 2.75) is 18.5 Å². The molecule has 2 N–H and O–H groups in total. The predicted molar refractivity (Wildman–Crippen MR) is 119 cm³/mol. The third kappa shape index (κ3) is 3.40. The molecule has 4 rings (SSSR count). The fourth-order valence-electron chi connectivity index (χ4n) is 4.89. The van der Waals surface area contributed by atoms with E-state index >= 15 is 0 Å². The summed E-state index contributed by atoms with van der Waals surface area (Å²) in [6.45, 7) is 1.26. The van der Waals surface area contributed by atoms with Gasteiger partial charge in [-0.25, -0.2) is 0 Å². The fraction of sp³-hybridized carbons (Fsp3) is 0.269. The third-order valence-electron chi connectivity index (χ3n) is 6.49. The molecular formula is C26H23N5O. The second-order valence-corrected chi connectivity index (χ2v) is 8.14. The molecule has 32 heavy (non-hydrogen) atoms. The van der Waals surface area contributed by atoms with Crippen molar-refractivity contribution in [3.05, 3.63) is 89.1 Å². The average Bonchev–Trinajstić information content (AvgIpc) is 2.84. The first-order valence-electron chi connectivity index (χ1n) is 10.4. The smallest absolute Gasteiger partial charge is 0.170 e. The van der Waals surface area contributed by atoms with Crippen LogP contribution in [-0.4, -0.2) is 24.6 Å². The van der Waals surface area contributed by atoms with Gasteiger partial charge in [-0.1, -0.05) is 42.5 Å². The maximum Gasteiger partial charge on any atom is 0.170 e. The Morgan fingerprint density at radius 1 is 1.06 bits per heavy atom. The first-order valence-corrected chi connectivity index (χ1v) is 10.4. The lowest BCUT2D eigenvalue weighted by Gasteiger charge is -2.47.